The summed E-state index contributed by atoms with van der Waals surface area (Å²) in [6, 6.07) is 0. The molecule has 0 saturated heterocycles. The van der Waals surface area contributed by atoms with Crippen molar-refractivity contribution in [2.24, 2.45) is 0 Å². The molecule has 0 aliphatic rings. The summed E-state index contributed by atoms with van der Waals surface area (Å²) < 4.78 is 35.5. The third kappa shape index (κ3) is 9.87. The molecule has 0 bridgehead atoms. The van der Waals surface area contributed by atoms with Gasteiger partial charge in [-0.05, 0) is 6.92 Å². The molecule has 1 atom stereocenters. The van der Waals surface area contributed by atoms with Crippen molar-refractivity contribution in [3.8, 4) is 0 Å². The largest absolute Gasteiger partial charge is 0.510 e. The molecule has 0 radical (unpaired) electrons. The van der Waals surface area contributed by atoms with Gasteiger partial charge in [0.05, 0.1) is 11.5 Å². The lowest BCUT2D eigenvalue weighted by molar-refractivity contribution is -0.777. The fourth-order valence-electron chi connectivity index (χ4n) is 0.889. The van der Waals surface area contributed by atoms with Crippen LogP contribution in [0.25, 0.3) is 0 Å². The quantitative estimate of drug-likeness (QED) is 0.126. The van der Waals surface area contributed by atoms with Crippen molar-refractivity contribution in [3.05, 3.63) is 10.1 Å². The monoisotopic (exact) mass is 315 g/mol. The van der Waals surface area contributed by atoms with Crippen molar-refractivity contribution in [3.63, 3.8) is 0 Å². The van der Waals surface area contributed by atoms with Gasteiger partial charge in [0.2, 0.25) is 6.29 Å². The number of carbonyl (C=O) groups is 2. The van der Waals surface area contributed by atoms with Crippen LogP contribution in [0.3, 0.4) is 0 Å². The Morgan fingerprint density at radius 3 is 2.50 bits per heavy atom. The second-order valence-corrected chi connectivity index (χ2v) is 5.54. The second kappa shape index (κ2) is 8.90. The Labute approximate surface area is 113 Å². The van der Waals surface area contributed by atoms with Crippen molar-refractivity contribution in [2.75, 3.05) is 24.7 Å². The Morgan fingerprint density at radius 1 is 1.35 bits per heavy atom. The molecule has 1 unspecified atom stereocenters. The normalized spacial score (nSPS) is 12.1. The van der Waals surface area contributed by atoms with Gasteiger partial charge in [0.25, 0.3) is 11.6 Å². The maximum absolute atomic E-state index is 11.3. The molecular weight excluding hydrogens is 302 g/mol. The summed E-state index contributed by atoms with van der Waals surface area (Å²) in [4.78, 5) is 34.5. The Hall–Kier alpha value is -2.11. The van der Waals surface area contributed by atoms with Crippen LogP contribution >= 0.6 is 0 Å². The topological polar surface area (TPSA) is 148 Å². The molecule has 0 heterocycles. The highest BCUT2D eigenvalue weighted by atomic mass is 32.2. The first-order chi connectivity index (χ1) is 9.26. The Bertz CT molecular complexity index is 433. The molecular formula is C8H13NO10S. The Morgan fingerprint density at radius 2 is 1.95 bits per heavy atom. The zero-order chi connectivity index (χ0) is 15.6. The number of hydrogen-bond acceptors (Lipinski definition) is 10. The molecule has 0 saturated carbocycles. The van der Waals surface area contributed by atoms with Crippen molar-refractivity contribution in [1.29, 1.82) is 0 Å². The van der Waals surface area contributed by atoms with Crippen LogP contribution in [0.15, 0.2) is 0 Å². The van der Waals surface area contributed by atoms with E-state index in [2.05, 4.69) is 19.0 Å². The lowest BCUT2D eigenvalue weighted by atomic mass is 10.8. The zero-order valence-corrected chi connectivity index (χ0v) is 11.2. The van der Waals surface area contributed by atoms with Crippen LogP contribution in [0, 0.1) is 10.1 Å². The molecule has 0 rings (SSSR count). The molecule has 0 aliphatic carbocycles. The van der Waals surface area contributed by atoms with Gasteiger partial charge in [-0.1, -0.05) is 0 Å². The maximum Gasteiger partial charge on any atom is 0.510 e. The maximum atomic E-state index is 11.3. The van der Waals surface area contributed by atoms with Crippen LogP contribution in [0.1, 0.15) is 6.92 Å². The predicted molar refractivity (Wildman–Crippen MR) is 60.6 cm³/mol. The summed E-state index contributed by atoms with van der Waals surface area (Å²) in [5.74, 6) is -0.917. The highest BCUT2D eigenvalue weighted by molar-refractivity contribution is 7.91. The van der Waals surface area contributed by atoms with Crippen molar-refractivity contribution in [2.45, 2.75) is 13.2 Å². The molecule has 116 valence electrons. The lowest BCUT2D eigenvalue weighted by Gasteiger charge is -2.10. The number of nitrogens with zero attached hydrogens (tertiary/aromatic N) is 1. The van der Waals surface area contributed by atoms with Crippen LogP contribution in [0.2, 0.25) is 0 Å². The Balaban J connectivity index is 3.90. The molecule has 0 aromatic carbocycles. The summed E-state index contributed by atoms with van der Waals surface area (Å²) in [6.07, 6.45) is -2.78. The molecule has 0 amide bonds. The number of sulfone groups is 1. The molecule has 0 aromatic heterocycles. The molecule has 0 spiro atoms. The third-order valence-electron chi connectivity index (χ3n) is 1.69. The summed E-state index contributed by atoms with van der Waals surface area (Å²) in [6.45, 7) is 0.384. The number of carbonyl (C=O) groups excluding carboxylic acids is 2. The summed E-state index contributed by atoms with van der Waals surface area (Å²) >= 11 is 0. The van der Waals surface area contributed by atoms with Gasteiger partial charge in [0.15, 0.2) is 9.84 Å². The van der Waals surface area contributed by atoms with Gasteiger partial charge in [-0.25, -0.2) is 13.2 Å². The smallest absolute Gasteiger partial charge is 0.467 e. The van der Waals surface area contributed by atoms with E-state index in [1.54, 1.807) is 0 Å². The minimum absolute atomic E-state index is 0.111. The van der Waals surface area contributed by atoms with Crippen LogP contribution in [-0.4, -0.2) is 57.1 Å². The number of ether oxygens (including phenoxy) is 3. The SMILES string of the molecule is CC(OC(=O)OCCS(=O)(=O)CCOC=O)O[N+](=O)[O-]. The first-order valence-electron chi connectivity index (χ1n) is 5.17. The molecule has 0 aliphatic heterocycles. The van der Waals surface area contributed by atoms with E-state index >= 15 is 0 Å². The first-order valence-corrected chi connectivity index (χ1v) is 6.99. The fraction of sp³-hybridized carbons (Fsp3) is 0.750. The van der Waals surface area contributed by atoms with Crippen molar-refractivity contribution < 1.29 is 42.1 Å². The van der Waals surface area contributed by atoms with Crippen molar-refractivity contribution >= 4 is 22.5 Å². The van der Waals surface area contributed by atoms with Gasteiger partial charge in [-0.15, -0.1) is 10.1 Å². The summed E-state index contributed by atoms with van der Waals surface area (Å²) in [7, 11) is -3.55. The average molecular weight is 315 g/mol. The van der Waals surface area contributed by atoms with Gasteiger partial charge in [-0.2, -0.15) is 0 Å². The highest BCUT2D eigenvalue weighted by Gasteiger charge is 2.16. The van der Waals surface area contributed by atoms with Crippen LogP contribution in [0.5, 0.6) is 0 Å². The van der Waals surface area contributed by atoms with Crippen LogP contribution in [0.4, 0.5) is 4.79 Å². The van der Waals surface area contributed by atoms with Crippen LogP contribution in [-0.2, 0) is 33.7 Å². The molecule has 0 fully saturated rings. The Kier molecular flexibility index (Phi) is 7.96. The fourth-order valence-corrected chi connectivity index (χ4v) is 1.78. The summed E-state index contributed by atoms with van der Waals surface area (Å²) in [5.41, 5.74) is 0. The van der Waals surface area contributed by atoms with Gasteiger partial charge in [0, 0.05) is 0 Å². The van der Waals surface area contributed by atoms with E-state index in [0.29, 0.717) is 0 Å². The minimum Gasteiger partial charge on any atom is -0.467 e. The van der Waals surface area contributed by atoms with Gasteiger partial charge >= 0.3 is 6.16 Å². The van der Waals surface area contributed by atoms with E-state index in [1.807, 2.05) is 0 Å². The number of hydrogen-bond donors (Lipinski definition) is 0. The van der Waals surface area contributed by atoms with Gasteiger partial charge in [-0.3, -0.25) is 9.63 Å². The molecule has 11 nitrogen and oxygen atoms in total. The van der Waals surface area contributed by atoms with Gasteiger partial charge in [0.1, 0.15) is 13.2 Å². The number of rotatable bonds is 10. The van der Waals surface area contributed by atoms with E-state index < -0.39 is 45.5 Å². The van der Waals surface area contributed by atoms with E-state index in [-0.39, 0.29) is 13.1 Å². The zero-order valence-electron chi connectivity index (χ0n) is 10.4. The molecule has 0 aromatic rings. The highest BCUT2D eigenvalue weighted by Crippen LogP contribution is 1.98. The van der Waals surface area contributed by atoms with E-state index in [4.69, 9.17) is 0 Å². The lowest BCUT2D eigenvalue weighted by Crippen LogP contribution is -2.24. The van der Waals surface area contributed by atoms with E-state index in [0.717, 1.165) is 6.92 Å². The van der Waals surface area contributed by atoms with Gasteiger partial charge < -0.3 is 14.2 Å². The average Bonchev–Trinajstić information content (AvgIpc) is 2.27. The molecule has 12 heteroatoms. The first kappa shape index (κ1) is 17.9. The standard InChI is InChI=1S/C8H13NO10S/c1-7(19-9(12)13)18-8(11)17-3-5-20(14,15)4-2-16-6-10/h6-7H,2-5H2,1H3. The molecule has 0 N–H and O–H groups in total. The summed E-state index contributed by atoms with van der Waals surface area (Å²) in [5, 5.41) is 8.74. The van der Waals surface area contributed by atoms with Crippen LogP contribution < -0.4 is 0 Å². The predicted octanol–water partition coefficient (Wildman–Crippen LogP) is -0.718. The van der Waals surface area contributed by atoms with E-state index in [1.165, 1.54) is 0 Å². The van der Waals surface area contributed by atoms with Crippen molar-refractivity contribution in [1.82, 2.24) is 0 Å². The minimum atomic E-state index is -3.55. The third-order valence-corrected chi connectivity index (χ3v) is 3.27. The second-order valence-electron chi connectivity index (χ2n) is 3.23. The van der Waals surface area contributed by atoms with E-state index in [9.17, 15) is 28.1 Å². The molecule has 20 heavy (non-hydrogen) atoms.